The van der Waals surface area contributed by atoms with Gasteiger partial charge in [-0.3, -0.25) is 4.79 Å². The van der Waals surface area contributed by atoms with Gasteiger partial charge in [-0.15, -0.1) is 0 Å². The second kappa shape index (κ2) is 8.85. The number of anilines is 2. The van der Waals surface area contributed by atoms with Crippen molar-refractivity contribution in [2.45, 2.75) is 19.9 Å². The zero-order valence-corrected chi connectivity index (χ0v) is 15.5. The zero-order chi connectivity index (χ0) is 19.1. The van der Waals surface area contributed by atoms with E-state index >= 15 is 0 Å². The fourth-order valence-electron chi connectivity index (χ4n) is 2.72. The molecule has 0 saturated heterocycles. The Bertz CT molecular complexity index is 890. The van der Waals surface area contributed by atoms with Crippen LogP contribution in [0.2, 0.25) is 0 Å². The molecule has 3 rings (SSSR count). The van der Waals surface area contributed by atoms with E-state index < -0.39 is 0 Å². The largest absolute Gasteiger partial charge is 0.497 e. The molecule has 5 nitrogen and oxygen atoms in total. The van der Waals surface area contributed by atoms with Crippen molar-refractivity contribution in [3.05, 3.63) is 83.7 Å². The number of nitrogens with one attached hydrogen (secondary N) is 2. The number of amides is 1. The third kappa shape index (κ3) is 4.85. The number of rotatable bonds is 7. The van der Waals surface area contributed by atoms with Gasteiger partial charge in [-0.25, -0.2) is 4.98 Å². The second-order valence-electron chi connectivity index (χ2n) is 6.10. The van der Waals surface area contributed by atoms with Gasteiger partial charge in [0.15, 0.2) is 0 Å². The van der Waals surface area contributed by atoms with Gasteiger partial charge in [0.1, 0.15) is 11.4 Å². The van der Waals surface area contributed by atoms with Crippen LogP contribution in [0.15, 0.2) is 66.9 Å². The number of pyridine rings is 1. The van der Waals surface area contributed by atoms with Gasteiger partial charge in [-0.05, 0) is 47.9 Å². The van der Waals surface area contributed by atoms with Crippen LogP contribution in [-0.2, 0) is 13.0 Å². The van der Waals surface area contributed by atoms with Crippen LogP contribution in [0.5, 0.6) is 5.75 Å². The highest BCUT2D eigenvalue weighted by atomic mass is 16.5. The van der Waals surface area contributed by atoms with E-state index in [1.165, 1.54) is 5.56 Å². The molecule has 138 valence electrons. The maximum Gasteiger partial charge on any atom is 0.270 e. The summed E-state index contributed by atoms with van der Waals surface area (Å²) in [6.45, 7) is 2.56. The van der Waals surface area contributed by atoms with Gasteiger partial charge in [0.25, 0.3) is 5.91 Å². The topological polar surface area (TPSA) is 63.2 Å². The molecule has 0 bridgehead atoms. The van der Waals surface area contributed by atoms with Gasteiger partial charge in [-0.2, -0.15) is 0 Å². The first kappa shape index (κ1) is 18.5. The normalized spacial score (nSPS) is 10.3. The molecule has 0 aliphatic carbocycles. The molecule has 0 aliphatic rings. The van der Waals surface area contributed by atoms with E-state index in [9.17, 15) is 4.79 Å². The summed E-state index contributed by atoms with van der Waals surface area (Å²) >= 11 is 0. The SMILES string of the molecule is CCc1ccccc1Nc1ccc(C(=O)NCc2ccc(OC)cc2)nc1. The van der Waals surface area contributed by atoms with Gasteiger partial charge in [0, 0.05) is 12.2 Å². The standard InChI is InChI=1S/C22H23N3O2/c1-3-17-6-4-5-7-20(17)25-18-10-13-21(23-15-18)22(26)24-14-16-8-11-19(27-2)12-9-16/h4-13,15,25H,3,14H2,1-2H3,(H,24,26). The van der Waals surface area contributed by atoms with Crippen molar-refractivity contribution in [1.29, 1.82) is 0 Å². The maximum atomic E-state index is 12.3. The molecule has 0 saturated carbocycles. The first-order valence-corrected chi connectivity index (χ1v) is 8.91. The molecule has 0 unspecified atom stereocenters. The summed E-state index contributed by atoms with van der Waals surface area (Å²) in [6, 6.07) is 19.3. The molecule has 5 heteroatoms. The van der Waals surface area contributed by atoms with E-state index in [1.54, 1.807) is 19.4 Å². The van der Waals surface area contributed by atoms with Gasteiger partial charge in [0.05, 0.1) is 19.0 Å². The van der Waals surface area contributed by atoms with Gasteiger partial charge in [-0.1, -0.05) is 37.3 Å². The van der Waals surface area contributed by atoms with Crippen LogP contribution in [0, 0.1) is 0 Å². The number of carbonyl (C=O) groups excluding carboxylic acids is 1. The third-order valence-corrected chi connectivity index (χ3v) is 4.29. The van der Waals surface area contributed by atoms with E-state index in [-0.39, 0.29) is 5.91 Å². The van der Waals surface area contributed by atoms with Crippen molar-refractivity contribution in [2.24, 2.45) is 0 Å². The molecular formula is C22H23N3O2. The zero-order valence-electron chi connectivity index (χ0n) is 15.5. The Morgan fingerprint density at radius 2 is 1.81 bits per heavy atom. The highest BCUT2D eigenvalue weighted by Gasteiger charge is 2.08. The molecule has 0 aliphatic heterocycles. The average molecular weight is 361 g/mol. The van der Waals surface area contributed by atoms with E-state index in [0.29, 0.717) is 12.2 Å². The molecule has 1 amide bonds. The Balaban J connectivity index is 1.59. The Kier molecular flexibility index (Phi) is 6.05. The average Bonchev–Trinajstić information content (AvgIpc) is 2.73. The number of aromatic nitrogens is 1. The number of hydrogen-bond donors (Lipinski definition) is 2. The summed E-state index contributed by atoms with van der Waals surface area (Å²) in [5.74, 6) is 0.589. The fraction of sp³-hybridized carbons (Fsp3) is 0.182. The van der Waals surface area contributed by atoms with Crippen LogP contribution in [0.4, 0.5) is 11.4 Å². The Hall–Kier alpha value is -3.34. The minimum atomic E-state index is -0.202. The lowest BCUT2D eigenvalue weighted by molar-refractivity contribution is 0.0946. The molecule has 0 spiro atoms. The highest BCUT2D eigenvalue weighted by molar-refractivity contribution is 5.92. The summed E-state index contributed by atoms with van der Waals surface area (Å²) in [4.78, 5) is 16.6. The maximum absolute atomic E-state index is 12.3. The number of hydrogen-bond acceptors (Lipinski definition) is 4. The van der Waals surface area contributed by atoms with E-state index in [0.717, 1.165) is 29.1 Å². The van der Waals surface area contributed by atoms with Crippen molar-refractivity contribution in [2.75, 3.05) is 12.4 Å². The predicted molar refractivity (Wildman–Crippen MR) is 108 cm³/mol. The number of carbonyl (C=O) groups is 1. The molecule has 2 aromatic carbocycles. The molecule has 2 N–H and O–H groups in total. The summed E-state index contributed by atoms with van der Waals surface area (Å²) in [5, 5.41) is 6.23. The molecule has 0 radical (unpaired) electrons. The second-order valence-corrected chi connectivity index (χ2v) is 6.10. The molecular weight excluding hydrogens is 338 g/mol. The Morgan fingerprint density at radius 1 is 1.04 bits per heavy atom. The van der Waals surface area contributed by atoms with Crippen molar-refractivity contribution >= 4 is 17.3 Å². The summed E-state index contributed by atoms with van der Waals surface area (Å²) in [5.41, 5.74) is 4.52. The van der Waals surface area contributed by atoms with Crippen molar-refractivity contribution in [3.63, 3.8) is 0 Å². The van der Waals surface area contributed by atoms with Crippen LogP contribution in [0.1, 0.15) is 28.5 Å². The lowest BCUT2D eigenvalue weighted by atomic mass is 10.1. The lowest BCUT2D eigenvalue weighted by Crippen LogP contribution is -2.23. The third-order valence-electron chi connectivity index (χ3n) is 4.29. The number of methoxy groups -OCH3 is 1. The van der Waals surface area contributed by atoms with Crippen LogP contribution in [0.25, 0.3) is 0 Å². The smallest absolute Gasteiger partial charge is 0.270 e. The summed E-state index contributed by atoms with van der Waals surface area (Å²) in [7, 11) is 1.63. The number of aryl methyl sites for hydroxylation is 1. The van der Waals surface area contributed by atoms with Crippen molar-refractivity contribution in [3.8, 4) is 5.75 Å². The number of nitrogens with zero attached hydrogens (tertiary/aromatic N) is 1. The van der Waals surface area contributed by atoms with Gasteiger partial charge in [0.2, 0.25) is 0 Å². The molecule has 1 heterocycles. The fourth-order valence-corrected chi connectivity index (χ4v) is 2.72. The highest BCUT2D eigenvalue weighted by Crippen LogP contribution is 2.20. The monoisotopic (exact) mass is 361 g/mol. The summed E-state index contributed by atoms with van der Waals surface area (Å²) < 4.78 is 5.13. The molecule has 0 atom stereocenters. The quantitative estimate of drug-likeness (QED) is 0.658. The Morgan fingerprint density at radius 3 is 2.48 bits per heavy atom. The van der Waals surface area contributed by atoms with Crippen LogP contribution < -0.4 is 15.4 Å². The molecule has 3 aromatic rings. The number of benzene rings is 2. The minimum Gasteiger partial charge on any atom is -0.497 e. The van der Waals surface area contributed by atoms with Crippen molar-refractivity contribution in [1.82, 2.24) is 10.3 Å². The molecule has 27 heavy (non-hydrogen) atoms. The Labute approximate surface area is 159 Å². The lowest BCUT2D eigenvalue weighted by Gasteiger charge is -2.11. The van der Waals surface area contributed by atoms with E-state index in [1.807, 2.05) is 48.5 Å². The molecule has 1 aromatic heterocycles. The van der Waals surface area contributed by atoms with E-state index in [4.69, 9.17) is 4.74 Å². The van der Waals surface area contributed by atoms with Crippen molar-refractivity contribution < 1.29 is 9.53 Å². The number of ether oxygens (including phenoxy) is 1. The van der Waals surface area contributed by atoms with Crippen LogP contribution >= 0.6 is 0 Å². The summed E-state index contributed by atoms with van der Waals surface area (Å²) in [6.07, 6.45) is 2.62. The predicted octanol–water partition coefficient (Wildman–Crippen LogP) is 4.33. The van der Waals surface area contributed by atoms with Gasteiger partial charge >= 0.3 is 0 Å². The van der Waals surface area contributed by atoms with Gasteiger partial charge < -0.3 is 15.4 Å². The van der Waals surface area contributed by atoms with E-state index in [2.05, 4.69) is 28.6 Å². The number of para-hydroxylation sites is 1. The minimum absolute atomic E-state index is 0.202. The molecule has 0 fully saturated rings. The van der Waals surface area contributed by atoms with Crippen LogP contribution in [-0.4, -0.2) is 18.0 Å². The van der Waals surface area contributed by atoms with Crippen LogP contribution in [0.3, 0.4) is 0 Å². The first-order chi connectivity index (χ1) is 13.2. The first-order valence-electron chi connectivity index (χ1n) is 8.91.